The summed E-state index contributed by atoms with van der Waals surface area (Å²) in [4.78, 5) is 0. The van der Waals surface area contributed by atoms with Crippen molar-refractivity contribution in [1.82, 2.24) is 5.32 Å². The fourth-order valence-electron chi connectivity index (χ4n) is 1.55. The summed E-state index contributed by atoms with van der Waals surface area (Å²) < 4.78 is 0. The summed E-state index contributed by atoms with van der Waals surface area (Å²) >= 11 is 0. The molecule has 0 aliphatic heterocycles. The molecule has 0 amide bonds. The van der Waals surface area contributed by atoms with Crippen molar-refractivity contribution in [3.63, 3.8) is 0 Å². The van der Waals surface area contributed by atoms with Gasteiger partial charge in [-0.05, 0) is 50.4 Å². The van der Waals surface area contributed by atoms with Crippen LogP contribution in [-0.4, -0.2) is 6.54 Å². The molecule has 0 heterocycles. The highest BCUT2D eigenvalue weighted by Crippen LogP contribution is 2.16. The molecular formula is C14H21N. The molecule has 0 radical (unpaired) electrons. The first-order chi connectivity index (χ1) is 7.15. The second-order valence-corrected chi connectivity index (χ2v) is 4.10. The highest BCUT2D eigenvalue weighted by Gasteiger charge is 2.04. The number of nitrogens with one attached hydrogen (secondary N) is 1. The van der Waals surface area contributed by atoms with Gasteiger partial charge >= 0.3 is 0 Å². The van der Waals surface area contributed by atoms with Crippen LogP contribution < -0.4 is 5.32 Å². The van der Waals surface area contributed by atoms with Gasteiger partial charge in [0.25, 0.3) is 0 Å². The van der Waals surface area contributed by atoms with Crippen LogP contribution in [0.3, 0.4) is 0 Å². The van der Waals surface area contributed by atoms with Crippen LogP contribution in [0.5, 0.6) is 0 Å². The summed E-state index contributed by atoms with van der Waals surface area (Å²) in [7, 11) is 0. The standard InChI is InChI=1S/C14H21N/c1-5-6-9-15-13(4)14-8-7-11(2)12(3)10-14/h5,7-8,10,13,15H,1,6,9H2,2-4H3. The minimum atomic E-state index is 0.421. The van der Waals surface area contributed by atoms with Gasteiger partial charge < -0.3 is 5.32 Å². The first-order valence-corrected chi connectivity index (χ1v) is 5.56. The second-order valence-electron chi connectivity index (χ2n) is 4.10. The van der Waals surface area contributed by atoms with Crippen LogP contribution in [0.1, 0.15) is 36.1 Å². The molecule has 1 unspecified atom stereocenters. The van der Waals surface area contributed by atoms with Crippen molar-refractivity contribution in [2.24, 2.45) is 0 Å². The lowest BCUT2D eigenvalue weighted by Gasteiger charge is -2.15. The Bertz CT molecular complexity index is 328. The van der Waals surface area contributed by atoms with Crippen molar-refractivity contribution < 1.29 is 0 Å². The van der Waals surface area contributed by atoms with E-state index < -0.39 is 0 Å². The summed E-state index contributed by atoms with van der Waals surface area (Å²) in [5.41, 5.74) is 4.09. The van der Waals surface area contributed by atoms with Crippen molar-refractivity contribution >= 4 is 0 Å². The van der Waals surface area contributed by atoms with E-state index in [9.17, 15) is 0 Å². The minimum Gasteiger partial charge on any atom is -0.310 e. The van der Waals surface area contributed by atoms with Crippen molar-refractivity contribution in [1.29, 1.82) is 0 Å². The Hall–Kier alpha value is -1.08. The van der Waals surface area contributed by atoms with Gasteiger partial charge in [0.15, 0.2) is 0 Å². The highest BCUT2D eigenvalue weighted by molar-refractivity contribution is 5.31. The molecule has 1 rings (SSSR count). The molecule has 0 aromatic heterocycles. The smallest absolute Gasteiger partial charge is 0.0292 e. The molecule has 1 aromatic rings. The van der Waals surface area contributed by atoms with Gasteiger partial charge in [-0.1, -0.05) is 24.3 Å². The van der Waals surface area contributed by atoms with Crippen LogP contribution in [0.2, 0.25) is 0 Å². The molecule has 1 N–H and O–H groups in total. The van der Waals surface area contributed by atoms with E-state index in [1.54, 1.807) is 0 Å². The Balaban J connectivity index is 2.61. The van der Waals surface area contributed by atoms with Crippen molar-refractivity contribution in [2.75, 3.05) is 6.54 Å². The largest absolute Gasteiger partial charge is 0.310 e. The maximum absolute atomic E-state index is 3.72. The van der Waals surface area contributed by atoms with Gasteiger partial charge in [0.05, 0.1) is 0 Å². The van der Waals surface area contributed by atoms with Crippen LogP contribution >= 0.6 is 0 Å². The Labute approximate surface area is 93.2 Å². The Kier molecular flexibility index (Phi) is 4.57. The molecule has 1 aromatic carbocycles. The maximum Gasteiger partial charge on any atom is 0.0292 e. The van der Waals surface area contributed by atoms with Gasteiger partial charge in [0, 0.05) is 6.04 Å². The molecule has 0 saturated carbocycles. The van der Waals surface area contributed by atoms with E-state index >= 15 is 0 Å². The van der Waals surface area contributed by atoms with Gasteiger partial charge in [-0.25, -0.2) is 0 Å². The molecule has 0 saturated heterocycles. The zero-order chi connectivity index (χ0) is 11.3. The van der Waals surface area contributed by atoms with E-state index in [0.717, 1.165) is 13.0 Å². The van der Waals surface area contributed by atoms with Crippen LogP contribution in [-0.2, 0) is 0 Å². The van der Waals surface area contributed by atoms with Crippen molar-refractivity contribution in [2.45, 2.75) is 33.2 Å². The zero-order valence-electron chi connectivity index (χ0n) is 10.0. The quantitative estimate of drug-likeness (QED) is 0.570. The maximum atomic E-state index is 3.72. The molecule has 82 valence electrons. The lowest BCUT2D eigenvalue weighted by Crippen LogP contribution is -2.19. The molecule has 0 spiro atoms. The molecule has 0 bridgehead atoms. The first kappa shape index (κ1) is 12.0. The summed E-state index contributed by atoms with van der Waals surface area (Å²) in [6, 6.07) is 7.08. The number of hydrogen-bond donors (Lipinski definition) is 1. The predicted octanol–water partition coefficient (Wildman–Crippen LogP) is 3.53. The predicted molar refractivity (Wildman–Crippen MR) is 67.1 cm³/mol. The third kappa shape index (κ3) is 3.52. The lowest BCUT2D eigenvalue weighted by molar-refractivity contribution is 0.581. The average molecular weight is 203 g/mol. The van der Waals surface area contributed by atoms with E-state index in [-0.39, 0.29) is 0 Å². The number of aryl methyl sites for hydroxylation is 2. The molecule has 1 heteroatoms. The highest BCUT2D eigenvalue weighted by atomic mass is 14.9. The van der Waals surface area contributed by atoms with E-state index in [2.05, 4.69) is 50.9 Å². The molecule has 1 nitrogen and oxygen atoms in total. The Morgan fingerprint density at radius 1 is 1.33 bits per heavy atom. The summed E-state index contributed by atoms with van der Waals surface area (Å²) in [6.45, 7) is 11.2. The van der Waals surface area contributed by atoms with E-state index in [1.165, 1.54) is 16.7 Å². The number of rotatable bonds is 5. The Morgan fingerprint density at radius 3 is 2.67 bits per heavy atom. The van der Waals surface area contributed by atoms with Crippen LogP contribution in [0, 0.1) is 13.8 Å². The van der Waals surface area contributed by atoms with E-state index in [1.807, 2.05) is 6.08 Å². The zero-order valence-corrected chi connectivity index (χ0v) is 10.0. The number of hydrogen-bond acceptors (Lipinski definition) is 1. The normalized spacial score (nSPS) is 12.5. The summed E-state index contributed by atoms with van der Waals surface area (Å²) in [6.07, 6.45) is 2.97. The lowest BCUT2D eigenvalue weighted by atomic mass is 10.0. The first-order valence-electron chi connectivity index (χ1n) is 5.56. The van der Waals surface area contributed by atoms with Crippen LogP contribution in [0.15, 0.2) is 30.9 Å². The van der Waals surface area contributed by atoms with Gasteiger partial charge in [-0.2, -0.15) is 0 Å². The fraction of sp³-hybridized carbons (Fsp3) is 0.429. The molecule has 15 heavy (non-hydrogen) atoms. The fourth-order valence-corrected chi connectivity index (χ4v) is 1.55. The second kappa shape index (κ2) is 5.72. The van der Waals surface area contributed by atoms with Gasteiger partial charge in [-0.3, -0.25) is 0 Å². The van der Waals surface area contributed by atoms with Crippen LogP contribution in [0.25, 0.3) is 0 Å². The monoisotopic (exact) mass is 203 g/mol. The molecule has 0 aliphatic rings. The average Bonchev–Trinajstić information content (AvgIpc) is 2.22. The molecular weight excluding hydrogens is 182 g/mol. The van der Waals surface area contributed by atoms with E-state index in [4.69, 9.17) is 0 Å². The SMILES string of the molecule is C=CCCNC(C)c1ccc(C)c(C)c1. The van der Waals surface area contributed by atoms with Gasteiger partial charge in [0.2, 0.25) is 0 Å². The number of benzene rings is 1. The van der Waals surface area contributed by atoms with E-state index in [0.29, 0.717) is 6.04 Å². The summed E-state index contributed by atoms with van der Waals surface area (Å²) in [5, 5.41) is 3.48. The summed E-state index contributed by atoms with van der Waals surface area (Å²) in [5.74, 6) is 0. The van der Waals surface area contributed by atoms with Gasteiger partial charge in [-0.15, -0.1) is 6.58 Å². The topological polar surface area (TPSA) is 12.0 Å². The van der Waals surface area contributed by atoms with Crippen molar-refractivity contribution in [3.8, 4) is 0 Å². The molecule has 0 fully saturated rings. The van der Waals surface area contributed by atoms with Crippen LogP contribution in [0.4, 0.5) is 0 Å². The Morgan fingerprint density at radius 2 is 2.07 bits per heavy atom. The molecule has 1 atom stereocenters. The van der Waals surface area contributed by atoms with Crippen molar-refractivity contribution in [3.05, 3.63) is 47.5 Å². The molecule has 0 aliphatic carbocycles. The minimum absolute atomic E-state index is 0.421. The third-order valence-corrected chi connectivity index (χ3v) is 2.83. The van der Waals surface area contributed by atoms with Gasteiger partial charge in [0.1, 0.15) is 0 Å². The third-order valence-electron chi connectivity index (χ3n) is 2.83.